The predicted molar refractivity (Wildman–Crippen MR) is 69.4 cm³/mol. The van der Waals surface area contributed by atoms with Crippen molar-refractivity contribution in [1.29, 1.82) is 0 Å². The van der Waals surface area contributed by atoms with E-state index in [4.69, 9.17) is 4.74 Å². The largest absolute Gasteiger partial charge is 0.474 e. The Labute approximate surface area is 104 Å². The summed E-state index contributed by atoms with van der Waals surface area (Å²) in [5, 5.41) is 3.37. The SMILES string of the molecule is CC(C)c1ccc(O[C@H]2CCNC[C@H]2C)nc1. The molecule has 3 heteroatoms. The van der Waals surface area contributed by atoms with Crippen molar-refractivity contribution in [2.75, 3.05) is 13.1 Å². The summed E-state index contributed by atoms with van der Waals surface area (Å²) in [7, 11) is 0. The average Bonchev–Trinajstić information content (AvgIpc) is 2.33. The van der Waals surface area contributed by atoms with Crippen LogP contribution >= 0.6 is 0 Å². The Morgan fingerprint density at radius 2 is 2.24 bits per heavy atom. The van der Waals surface area contributed by atoms with Crippen molar-refractivity contribution in [3.8, 4) is 5.88 Å². The van der Waals surface area contributed by atoms with Gasteiger partial charge >= 0.3 is 0 Å². The molecule has 0 spiro atoms. The molecular weight excluding hydrogens is 212 g/mol. The van der Waals surface area contributed by atoms with Crippen molar-refractivity contribution in [2.24, 2.45) is 5.92 Å². The van der Waals surface area contributed by atoms with E-state index in [0.29, 0.717) is 17.9 Å². The first-order valence-corrected chi connectivity index (χ1v) is 6.50. The van der Waals surface area contributed by atoms with Gasteiger partial charge in [-0.05, 0) is 24.4 Å². The monoisotopic (exact) mass is 234 g/mol. The molecule has 0 unspecified atom stereocenters. The molecule has 1 aliphatic rings. The van der Waals surface area contributed by atoms with E-state index in [1.807, 2.05) is 12.3 Å². The summed E-state index contributed by atoms with van der Waals surface area (Å²) in [5.74, 6) is 1.83. The standard InChI is InChI=1S/C14H22N2O/c1-10(2)12-4-5-14(16-9-12)17-13-6-7-15-8-11(13)3/h4-5,9-11,13,15H,6-8H2,1-3H3/t11-,13+/m1/s1. The van der Waals surface area contributed by atoms with Gasteiger partial charge in [-0.15, -0.1) is 0 Å². The molecule has 94 valence electrons. The lowest BCUT2D eigenvalue weighted by molar-refractivity contribution is 0.107. The lowest BCUT2D eigenvalue weighted by Crippen LogP contribution is -2.41. The van der Waals surface area contributed by atoms with E-state index in [2.05, 4.69) is 37.1 Å². The quantitative estimate of drug-likeness (QED) is 0.873. The molecule has 0 amide bonds. The fourth-order valence-corrected chi connectivity index (χ4v) is 2.12. The molecule has 2 heterocycles. The zero-order valence-electron chi connectivity index (χ0n) is 10.9. The third-order valence-electron chi connectivity index (χ3n) is 3.40. The van der Waals surface area contributed by atoms with Gasteiger partial charge < -0.3 is 10.1 Å². The first-order chi connectivity index (χ1) is 8.16. The zero-order chi connectivity index (χ0) is 12.3. The maximum Gasteiger partial charge on any atom is 0.213 e. The van der Waals surface area contributed by atoms with Gasteiger partial charge in [0.1, 0.15) is 6.10 Å². The summed E-state index contributed by atoms with van der Waals surface area (Å²) in [6, 6.07) is 4.10. The second kappa shape index (κ2) is 5.50. The molecule has 0 aliphatic carbocycles. The van der Waals surface area contributed by atoms with Crippen molar-refractivity contribution in [3.05, 3.63) is 23.9 Å². The number of hydrogen-bond donors (Lipinski definition) is 1. The second-order valence-electron chi connectivity index (χ2n) is 5.21. The lowest BCUT2D eigenvalue weighted by atomic mass is 9.98. The summed E-state index contributed by atoms with van der Waals surface area (Å²) < 4.78 is 5.95. The molecule has 1 saturated heterocycles. The highest BCUT2D eigenvalue weighted by molar-refractivity contribution is 5.20. The number of hydrogen-bond acceptors (Lipinski definition) is 3. The molecule has 0 aromatic carbocycles. The summed E-state index contributed by atoms with van der Waals surface area (Å²) in [6.45, 7) is 8.64. The maximum atomic E-state index is 5.95. The molecule has 3 nitrogen and oxygen atoms in total. The molecular formula is C14H22N2O. The molecule has 1 fully saturated rings. The number of pyridine rings is 1. The second-order valence-corrected chi connectivity index (χ2v) is 5.21. The van der Waals surface area contributed by atoms with Crippen LogP contribution in [0.3, 0.4) is 0 Å². The van der Waals surface area contributed by atoms with E-state index in [1.54, 1.807) is 0 Å². The topological polar surface area (TPSA) is 34.1 Å². The molecule has 2 atom stereocenters. The Morgan fingerprint density at radius 1 is 1.41 bits per heavy atom. The van der Waals surface area contributed by atoms with Crippen LogP contribution in [0.4, 0.5) is 0 Å². The Hall–Kier alpha value is -1.09. The summed E-state index contributed by atoms with van der Waals surface area (Å²) in [5.41, 5.74) is 1.26. The van der Waals surface area contributed by atoms with Crippen LogP contribution in [0, 0.1) is 5.92 Å². The van der Waals surface area contributed by atoms with Crippen molar-refractivity contribution in [3.63, 3.8) is 0 Å². The van der Waals surface area contributed by atoms with Crippen LogP contribution in [0.15, 0.2) is 18.3 Å². The van der Waals surface area contributed by atoms with E-state index in [9.17, 15) is 0 Å². The molecule has 17 heavy (non-hydrogen) atoms. The molecule has 0 bridgehead atoms. The molecule has 1 aromatic rings. The highest BCUT2D eigenvalue weighted by Gasteiger charge is 2.22. The van der Waals surface area contributed by atoms with Crippen molar-refractivity contribution >= 4 is 0 Å². The minimum absolute atomic E-state index is 0.300. The molecule has 1 N–H and O–H groups in total. The van der Waals surface area contributed by atoms with Crippen LogP contribution in [-0.4, -0.2) is 24.2 Å². The zero-order valence-corrected chi connectivity index (χ0v) is 10.9. The highest BCUT2D eigenvalue weighted by Crippen LogP contribution is 2.20. The molecule has 1 aromatic heterocycles. The van der Waals surface area contributed by atoms with E-state index < -0.39 is 0 Å². The fourth-order valence-electron chi connectivity index (χ4n) is 2.12. The summed E-state index contributed by atoms with van der Waals surface area (Å²) in [6.07, 6.45) is 3.29. The van der Waals surface area contributed by atoms with Gasteiger partial charge in [-0.2, -0.15) is 0 Å². The van der Waals surface area contributed by atoms with Crippen LogP contribution in [-0.2, 0) is 0 Å². The van der Waals surface area contributed by atoms with Crippen LogP contribution in [0.25, 0.3) is 0 Å². The van der Waals surface area contributed by atoms with Crippen LogP contribution in [0.5, 0.6) is 5.88 Å². The normalized spacial score (nSPS) is 24.9. The van der Waals surface area contributed by atoms with E-state index in [1.165, 1.54) is 5.56 Å². The molecule has 1 aliphatic heterocycles. The van der Waals surface area contributed by atoms with Crippen molar-refractivity contribution < 1.29 is 4.74 Å². The van der Waals surface area contributed by atoms with Gasteiger partial charge in [0, 0.05) is 24.7 Å². The highest BCUT2D eigenvalue weighted by atomic mass is 16.5. The Bertz CT molecular complexity index is 348. The fraction of sp³-hybridized carbons (Fsp3) is 0.643. The first-order valence-electron chi connectivity index (χ1n) is 6.50. The smallest absolute Gasteiger partial charge is 0.213 e. The van der Waals surface area contributed by atoms with Crippen LogP contribution < -0.4 is 10.1 Å². The third kappa shape index (κ3) is 3.19. The number of piperidine rings is 1. The first kappa shape index (κ1) is 12.4. The van der Waals surface area contributed by atoms with Gasteiger partial charge in [-0.25, -0.2) is 4.98 Å². The van der Waals surface area contributed by atoms with Crippen LogP contribution in [0.2, 0.25) is 0 Å². The average molecular weight is 234 g/mol. The summed E-state index contributed by atoms with van der Waals surface area (Å²) >= 11 is 0. The van der Waals surface area contributed by atoms with E-state index >= 15 is 0 Å². The molecule has 2 rings (SSSR count). The molecule has 0 saturated carbocycles. The third-order valence-corrected chi connectivity index (χ3v) is 3.40. The number of nitrogens with zero attached hydrogens (tertiary/aromatic N) is 1. The maximum absolute atomic E-state index is 5.95. The van der Waals surface area contributed by atoms with Gasteiger partial charge in [-0.3, -0.25) is 0 Å². The lowest BCUT2D eigenvalue weighted by Gasteiger charge is -2.29. The minimum atomic E-state index is 0.300. The van der Waals surface area contributed by atoms with Gasteiger partial charge in [0.05, 0.1) is 0 Å². The molecule has 0 radical (unpaired) electrons. The Morgan fingerprint density at radius 3 is 2.82 bits per heavy atom. The Kier molecular flexibility index (Phi) is 4.00. The van der Waals surface area contributed by atoms with Gasteiger partial charge in [0.2, 0.25) is 5.88 Å². The van der Waals surface area contributed by atoms with Gasteiger partial charge in [0.15, 0.2) is 0 Å². The number of aromatic nitrogens is 1. The van der Waals surface area contributed by atoms with E-state index in [-0.39, 0.29) is 0 Å². The van der Waals surface area contributed by atoms with Crippen LogP contribution in [0.1, 0.15) is 38.7 Å². The van der Waals surface area contributed by atoms with Crippen molar-refractivity contribution in [1.82, 2.24) is 10.3 Å². The number of ether oxygens (including phenoxy) is 1. The predicted octanol–water partition coefficient (Wildman–Crippen LogP) is 2.58. The number of rotatable bonds is 3. The number of nitrogens with one attached hydrogen (secondary N) is 1. The van der Waals surface area contributed by atoms with Gasteiger partial charge in [-0.1, -0.05) is 26.8 Å². The van der Waals surface area contributed by atoms with Gasteiger partial charge in [0.25, 0.3) is 0 Å². The minimum Gasteiger partial charge on any atom is -0.474 e. The Balaban J connectivity index is 1.98. The van der Waals surface area contributed by atoms with E-state index in [0.717, 1.165) is 25.4 Å². The van der Waals surface area contributed by atoms with Crippen molar-refractivity contribution in [2.45, 2.75) is 39.2 Å². The summed E-state index contributed by atoms with van der Waals surface area (Å²) in [4.78, 5) is 4.39.